The van der Waals surface area contributed by atoms with Crippen LogP contribution >= 0.6 is 0 Å². The Kier molecular flexibility index (Phi) is 2.92. The average Bonchev–Trinajstić information content (AvgIpc) is 2.55. The molecule has 0 spiro atoms. The highest BCUT2D eigenvalue weighted by molar-refractivity contribution is 7.85. The Morgan fingerprint density at radius 2 is 2.12 bits per heavy atom. The SMILES string of the molecule is CC(=O)N1CC(CS(=O)(=O)O)c2ccccc21. The first-order valence-corrected chi connectivity index (χ1v) is 6.81. The van der Waals surface area contributed by atoms with Crippen LogP contribution in [0, 0.1) is 0 Å². The lowest BCUT2D eigenvalue weighted by molar-refractivity contribution is -0.116. The quantitative estimate of drug-likeness (QED) is 0.801. The van der Waals surface area contributed by atoms with Gasteiger partial charge in [0.25, 0.3) is 10.1 Å². The van der Waals surface area contributed by atoms with E-state index in [1.165, 1.54) is 11.8 Å². The number of fused-ring (bicyclic) bond motifs is 1. The fraction of sp³-hybridized carbons (Fsp3) is 0.364. The average molecular weight is 255 g/mol. The molecule has 1 aromatic carbocycles. The highest BCUT2D eigenvalue weighted by atomic mass is 32.2. The van der Waals surface area contributed by atoms with Crippen molar-refractivity contribution in [1.29, 1.82) is 0 Å². The van der Waals surface area contributed by atoms with Gasteiger partial charge in [0.1, 0.15) is 0 Å². The van der Waals surface area contributed by atoms with Crippen molar-refractivity contribution in [2.24, 2.45) is 0 Å². The maximum atomic E-state index is 11.4. The topological polar surface area (TPSA) is 74.7 Å². The highest BCUT2D eigenvalue weighted by Gasteiger charge is 2.32. The van der Waals surface area contributed by atoms with Crippen molar-refractivity contribution in [2.75, 3.05) is 17.2 Å². The summed E-state index contributed by atoms with van der Waals surface area (Å²) in [5, 5.41) is 0. The molecule has 0 aromatic heterocycles. The fourth-order valence-electron chi connectivity index (χ4n) is 2.19. The van der Waals surface area contributed by atoms with E-state index in [4.69, 9.17) is 4.55 Å². The molecule has 0 saturated heterocycles. The minimum Gasteiger partial charge on any atom is -0.312 e. The van der Waals surface area contributed by atoms with E-state index in [1.54, 1.807) is 24.3 Å². The largest absolute Gasteiger partial charge is 0.312 e. The lowest BCUT2D eigenvalue weighted by Gasteiger charge is -2.14. The molecule has 0 saturated carbocycles. The van der Waals surface area contributed by atoms with E-state index in [-0.39, 0.29) is 17.6 Å². The van der Waals surface area contributed by atoms with Crippen LogP contribution in [0.25, 0.3) is 0 Å². The molecule has 1 aromatic rings. The number of carbonyl (C=O) groups is 1. The van der Waals surface area contributed by atoms with Crippen LogP contribution in [0.4, 0.5) is 5.69 Å². The van der Waals surface area contributed by atoms with E-state index in [2.05, 4.69) is 0 Å². The van der Waals surface area contributed by atoms with Crippen LogP contribution in [-0.2, 0) is 14.9 Å². The Bertz CT molecular complexity index is 552. The summed E-state index contributed by atoms with van der Waals surface area (Å²) < 4.78 is 30.7. The van der Waals surface area contributed by atoms with E-state index in [0.717, 1.165) is 11.3 Å². The fourth-order valence-corrected chi connectivity index (χ4v) is 2.98. The third kappa shape index (κ3) is 2.48. The molecule has 17 heavy (non-hydrogen) atoms. The van der Waals surface area contributed by atoms with Crippen molar-refractivity contribution in [2.45, 2.75) is 12.8 Å². The van der Waals surface area contributed by atoms with Crippen molar-refractivity contribution in [1.82, 2.24) is 0 Å². The van der Waals surface area contributed by atoms with Gasteiger partial charge in [-0.05, 0) is 11.6 Å². The number of hydrogen-bond donors (Lipinski definition) is 1. The van der Waals surface area contributed by atoms with Crippen LogP contribution in [0.15, 0.2) is 24.3 Å². The summed E-state index contributed by atoms with van der Waals surface area (Å²) in [6.45, 7) is 1.74. The maximum absolute atomic E-state index is 11.4. The van der Waals surface area contributed by atoms with E-state index >= 15 is 0 Å². The Balaban J connectivity index is 2.38. The van der Waals surface area contributed by atoms with Gasteiger partial charge in [0.05, 0.1) is 5.75 Å². The van der Waals surface area contributed by atoms with Crippen LogP contribution < -0.4 is 4.90 Å². The molecule has 1 atom stereocenters. The lowest BCUT2D eigenvalue weighted by Crippen LogP contribution is -2.28. The first kappa shape index (κ1) is 12.1. The second kappa shape index (κ2) is 4.12. The Labute approximate surface area is 99.8 Å². The molecule has 1 N–H and O–H groups in total. The number of nitrogens with zero attached hydrogens (tertiary/aromatic N) is 1. The molecule has 1 aliphatic rings. The van der Waals surface area contributed by atoms with Gasteiger partial charge < -0.3 is 4.90 Å². The van der Waals surface area contributed by atoms with Crippen LogP contribution in [0.1, 0.15) is 18.4 Å². The molecule has 1 amide bonds. The molecule has 1 aliphatic heterocycles. The second-order valence-electron chi connectivity index (χ2n) is 4.13. The Morgan fingerprint density at radius 1 is 1.47 bits per heavy atom. The highest BCUT2D eigenvalue weighted by Crippen LogP contribution is 2.36. The summed E-state index contributed by atoms with van der Waals surface area (Å²) in [6.07, 6.45) is 0. The summed E-state index contributed by atoms with van der Waals surface area (Å²) in [7, 11) is -4.04. The van der Waals surface area contributed by atoms with Crippen molar-refractivity contribution in [3.8, 4) is 0 Å². The number of para-hydroxylation sites is 1. The van der Waals surface area contributed by atoms with Gasteiger partial charge in [-0.25, -0.2) is 0 Å². The van der Waals surface area contributed by atoms with Crippen LogP contribution in [0.5, 0.6) is 0 Å². The zero-order valence-electron chi connectivity index (χ0n) is 9.33. The molecule has 0 bridgehead atoms. The van der Waals surface area contributed by atoms with Crippen LogP contribution in [0.2, 0.25) is 0 Å². The molecule has 6 heteroatoms. The molecule has 0 aliphatic carbocycles. The van der Waals surface area contributed by atoms with Crippen molar-refractivity contribution in [3.63, 3.8) is 0 Å². The Morgan fingerprint density at radius 3 is 2.71 bits per heavy atom. The molecule has 0 fully saturated rings. The smallest absolute Gasteiger partial charge is 0.265 e. The molecule has 2 rings (SSSR count). The van der Waals surface area contributed by atoms with Gasteiger partial charge in [-0.15, -0.1) is 0 Å². The number of anilines is 1. The normalized spacial score (nSPS) is 19.2. The number of benzene rings is 1. The summed E-state index contributed by atoms with van der Waals surface area (Å²) in [5.41, 5.74) is 1.52. The zero-order valence-corrected chi connectivity index (χ0v) is 10.1. The predicted octanol–water partition coefficient (Wildman–Crippen LogP) is 1.02. The molecule has 92 valence electrons. The number of carbonyl (C=O) groups excluding carboxylic acids is 1. The summed E-state index contributed by atoms with van der Waals surface area (Å²) in [4.78, 5) is 13.0. The van der Waals surface area contributed by atoms with E-state index in [9.17, 15) is 13.2 Å². The summed E-state index contributed by atoms with van der Waals surface area (Å²) >= 11 is 0. The molecule has 0 radical (unpaired) electrons. The molecular weight excluding hydrogens is 242 g/mol. The third-order valence-corrected chi connectivity index (χ3v) is 3.69. The molecular formula is C11H13NO4S. The first-order valence-electron chi connectivity index (χ1n) is 5.20. The zero-order chi connectivity index (χ0) is 12.6. The third-order valence-electron chi connectivity index (χ3n) is 2.86. The molecule has 5 nitrogen and oxygen atoms in total. The summed E-state index contributed by atoms with van der Waals surface area (Å²) in [6, 6.07) is 7.15. The van der Waals surface area contributed by atoms with Crippen molar-refractivity contribution >= 4 is 21.7 Å². The summed E-state index contributed by atoms with van der Waals surface area (Å²) in [5.74, 6) is -0.839. The van der Waals surface area contributed by atoms with Gasteiger partial charge in [-0.1, -0.05) is 18.2 Å². The van der Waals surface area contributed by atoms with E-state index < -0.39 is 10.1 Å². The van der Waals surface area contributed by atoms with Crippen LogP contribution in [-0.4, -0.2) is 31.2 Å². The van der Waals surface area contributed by atoms with Crippen molar-refractivity contribution < 1.29 is 17.8 Å². The molecule has 1 heterocycles. The number of amides is 1. The van der Waals surface area contributed by atoms with Gasteiger partial charge in [0, 0.05) is 25.1 Å². The molecule has 1 unspecified atom stereocenters. The van der Waals surface area contributed by atoms with Gasteiger partial charge in [-0.2, -0.15) is 8.42 Å². The van der Waals surface area contributed by atoms with Gasteiger partial charge in [-0.3, -0.25) is 9.35 Å². The van der Waals surface area contributed by atoms with Crippen molar-refractivity contribution in [3.05, 3.63) is 29.8 Å². The number of rotatable bonds is 2. The predicted molar refractivity (Wildman–Crippen MR) is 63.6 cm³/mol. The van der Waals surface area contributed by atoms with Gasteiger partial charge in [0.2, 0.25) is 5.91 Å². The lowest BCUT2D eigenvalue weighted by atomic mass is 10.0. The standard InChI is InChI=1S/C11H13NO4S/c1-8(13)12-6-9(7-17(14,15)16)10-4-2-3-5-11(10)12/h2-5,9H,6-7H2,1H3,(H,14,15,16). The van der Waals surface area contributed by atoms with E-state index in [1.807, 2.05) is 0 Å². The Hall–Kier alpha value is -1.40. The minimum atomic E-state index is -4.04. The number of hydrogen-bond acceptors (Lipinski definition) is 3. The maximum Gasteiger partial charge on any atom is 0.265 e. The minimum absolute atomic E-state index is 0.129. The second-order valence-corrected chi connectivity index (χ2v) is 5.63. The first-order chi connectivity index (χ1) is 7.88. The monoisotopic (exact) mass is 255 g/mol. The van der Waals surface area contributed by atoms with Gasteiger partial charge in [0.15, 0.2) is 0 Å². The van der Waals surface area contributed by atoms with E-state index in [0.29, 0.717) is 6.54 Å². The van der Waals surface area contributed by atoms with Crippen LogP contribution in [0.3, 0.4) is 0 Å². The van der Waals surface area contributed by atoms with Gasteiger partial charge >= 0.3 is 0 Å².